The average molecular weight is 268 g/mol. The first-order valence-electron chi connectivity index (χ1n) is 6.39. The van der Waals surface area contributed by atoms with Gasteiger partial charge in [-0.25, -0.2) is 0 Å². The number of carbonyl (C=O) groups is 1. The first-order chi connectivity index (χ1) is 8.70. The van der Waals surface area contributed by atoms with Crippen molar-refractivity contribution in [2.75, 3.05) is 6.61 Å². The van der Waals surface area contributed by atoms with E-state index in [1.54, 1.807) is 0 Å². The Bertz CT molecular complexity index is 430. The summed E-state index contributed by atoms with van der Waals surface area (Å²) >= 11 is 6.09. The zero-order valence-corrected chi connectivity index (χ0v) is 11.3. The van der Waals surface area contributed by atoms with Crippen molar-refractivity contribution in [3.63, 3.8) is 0 Å². The van der Waals surface area contributed by atoms with Gasteiger partial charge in [-0.1, -0.05) is 24.1 Å². The van der Waals surface area contributed by atoms with E-state index in [4.69, 9.17) is 16.3 Å². The van der Waals surface area contributed by atoms with Gasteiger partial charge in [0.2, 0.25) is 5.91 Å². The summed E-state index contributed by atoms with van der Waals surface area (Å²) < 4.78 is 5.36. The SMILES string of the molecule is CCOc1ccc(CNC(=O)C2CCC2)cc1Cl. The zero-order chi connectivity index (χ0) is 13.0. The van der Waals surface area contributed by atoms with E-state index in [1.165, 1.54) is 6.42 Å². The van der Waals surface area contributed by atoms with E-state index in [9.17, 15) is 4.79 Å². The molecule has 1 aliphatic rings. The van der Waals surface area contributed by atoms with Crippen molar-refractivity contribution in [3.05, 3.63) is 28.8 Å². The molecular weight excluding hydrogens is 250 g/mol. The number of carbonyl (C=O) groups excluding carboxylic acids is 1. The molecule has 1 aromatic carbocycles. The van der Waals surface area contributed by atoms with Crippen LogP contribution in [-0.4, -0.2) is 12.5 Å². The Balaban J connectivity index is 1.89. The van der Waals surface area contributed by atoms with Crippen LogP contribution >= 0.6 is 11.6 Å². The maximum atomic E-state index is 11.7. The first-order valence-corrected chi connectivity index (χ1v) is 6.77. The van der Waals surface area contributed by atoms with Crippen molar-refractivity contribution in [1.82, 2.24) is 5.32 Å². The number of benzene rings is 1. The summed E-state index contributed by atoms with van der Waals surface area (Å²) in [6.07, 6.45) is 3.22. The maximum absolute atomic E-state index is 11.7. The molecule has 0 heterocycles. The molecule has 4 heteroatoms. The average Bonchev–Trinajstić information content (AvgIpc) is 2.27. The summed E-state index contributed by atoms with van der Waals surface area (Å²) in [7, 11) is 0. The summed E-state index contributed by atoms with van der Waals surface area (Å²) in [5.74, 6) is 1.07. The molecular formula is C14H18ClNO2. The van der Waals surface area contributed by atoms with Crippen LogP contribution in [-0.2, 0) is 11.3 Å². The second kappa shape index (κ2) is 6.10. The van der Waals surface area contributed by atoms with Crippen molar-refractivity contribution in [3.8, 4) is 5.75 Å². The summed E-state index contributed by atoms with van der Waals surface area (Å²) in [6, 6.07) is 5.61. The van der Waals surface area contributed by atoms with Crippen LogP contribution in [0.3, 0.4) is 0 Å². The van der Waals surface area contributed by atoms with Crippen molar-refractivity contribution in [2.24, 2.45) is 5.92 Å². The van der Waals surface area contributed by atoms with Gasteiger partial charge in [0, 0.05) is 12.5 Å². The van der Waals surface area contributed by atoms with Gasteiger partial charge in [-0.15, -0.1) is 0 Å². The lowest BCUT2D eigenvalue weighted by molar-refractivity contribution is -0.127. The number of halogens is 1. The van der Waals surface area contributed by atoms with Crippen LogP contribution in [0.2, 0.25) is 5.02 Å². The van der Waals surface area contributed by atoms with Gasteiger partial charge in [0.15, 0.2) is 0 Å². The van der Waals surface area contributed by atoms with Crippen LogP contribution in [0.1, 0.15) is 31.7 Å². The van der Waals surface area contributed by atoms with Crippen LogP contribution in [0.25, 0.3) is 0 Å². The predicted molar refractivity (Wildman–Crippen MR) is 71.8 cm³/mol. The molecule has 0 saturated heterocycles. The van der Waals surface area contributed by atoms with E-state index in [2.05, 4.69) is 5.32 Å². The molecule has 0 unspecified atom stereocenters. The minimum absolute atomic E-state index is 0.159. The van der Waals surface area contributed by atoms with Gasteiger partial charge in [0.05, 0.1) is 11.6 Å². The lowest BCUT2D eigenvalue weighted by Gasteiger charge is -2.24. The monoisotopic (exact) mass is 267 g/mol. The standard InChI is InChI=1S/C14H18ClNO2/c1-2-18-13-7-6-10(8-12(13)15)9-16-14(17)11-4-3-5-11/h6-8,11H,2-5,9H2,1H3,(H,16,17). The zero-order valence-electron chi connectivity index (χ0n) is 10.5. The summed E-state index contributed by atoms with van der Waals surface area (Å²) in [5, 5.41) is 3.53. The fourth-order valence-electron chi connectivity index (χ4n) is 1.93. The highest BCUT2D eigenvalue weighted by Gasteiger charge is 2.24. The van der Waals surface area contributed by atoms with Crippen molar-refractivity contribution in [2.45, 2.75) is 32.7 Å². The number of nitrogens with one attached hydrogen (secondary N) is 1. The van der Waals surface area contributed by atoms with Crippen LogP contribution < -0.4 is 10.1 Å². The topological polar surface area (TPSA) is 38.3 Å². The second-order valence-electron chi connectivity index (χ2n) is 4.54. The molecule has 3 nitrogen and oxygen atoms in total. The van der Waals surface area contributed by atoms with E-state index >= 15 is 0 Å². The molecule has 2 rings (SSSR count). The third-order valence-electron chi connectivity index (χ3n) is 3.24. The first kappa shape index (κ1) is 13.2. The van der Waals surface area contributed by atoms with E-state index < -0.39 is 0 Å². The number of hydrogen-bond donors (Lipinski definition) is 1. The molecule has 0 bridgehead atoms. The second-order valence-corrected chi connectivity index (χ2v) is 4.95. The maximum Gasteiger partial charge on any atom is 0.223 e. The molecule has 1 fully saturated rings. The molecule has 0 atom stereocenters. The van der Waals surface area contributed by atoms with Crippen LogP contribution in [0.5, 0.6) is 5.75 Å². The quantitative estimate of drug-likeness (QED) is 0.890. The number of ether oxygens (including phenoxy) is 1. The summed E-state index contributed by atoms with van der Waals surface area (Å²) in [6.45, 7) is 3.04. The highest BCUT2D eigenvalue weighted by Crippen LogP contribution is 2.27. The highest BCUT2D eigenvalue weighted by atomic mass is 35.5. The fraction of sp³-hybridized carbons (Fsp3) is 0.500. The van der Waals surface area contributed by atoms with E-state index in [1.807, 2.05) is 25.1 Å². The van der Waals surface area contributed by atoms with Gasteiger partial charge in [0.25, 0.3) is 0 Å². The molecule has 98 valence electrons. The molecule has 0 aromatic heterocycles. The normalized spacial score (nSPS) is 15.0. The Morgan fingerprint density at radius 2 is 2.28 bits per heavy atom. The number of rotatable bonds is 5. The Morgan fingerprint density at radius 3 is 2.83 bits per heavy atom. The van der Waals surface area contributed by atoms with Gasteiger partial charge < -0.3 is 10.1 Å². The van der Waals surface area contributed by atoms with E-state index in [0.29, 0.717) is 23.9 Å². The fourth-order valence-corrected chi connectivity index (χ4v) is 2.19. The molecule has 1 aliphatic carbocycles. The molecule has 0 spiro atoms. The van der Waals surface area contributed by atoms with Gasteiger partial charge in [-0.3, -0.25) is 4.79 Å². The van der Waals surface area contributed by atoms with Crippen LogP contribution in [0, 0.1) is 5.92 Å². The smallest absolute Gasteiger partial charge is 0.223 e. The molecule has 0 radical (unpaired) electrons. The van der Waals surface area contributed by atoms with Crippen molar-refractivity contribution < 1.29 is 9.53 Å². The van der Waals surface area contributed by atoms with E-state index in [0.717, 1.165) is 18.4 Å². The van der Waals surface area contributed by atoms with Gasteiger partial charge in [-0.05, 0) is 37.5 Å². The minimum Gasteiger partial charge on any atom is -0.492 e. The highest BCUT2D eigenvalue weighted by molar-refractivity contribution is 6.32. The Kier molecular flexibility index (Phi) is 4.48. The number of amides is 1. The van der Waals surface area contributed by atoms with E-state index in [-0.39, 0.29) is 11.8 Å². The molecule has 1 saturated carbocycles. The Hall–Kier alpha value is -1.22. The Labute approximate surface area is 112 Å². The lowest BCUT2D eigenvalue weighted by atomic mass is 9.85. The largest absolute Gasteiger partial charge is 0.492 e. The molecule has 18 heavy (non-hydrogen) atoms. The third kappa shape index (κ3) is 3.16. The van der Waals surface area contributed by atoms with Gasteiger partial charge in [0.1, 0.15) is 5.75 Å². The van der Waals surface area contributed by atoms with Crippen LogP contribution in [0.4, 0.5) is 0 Å². The van der Waals surface area contributed by atoms with Crippen molar-refractivity contribution in [1.29, 1.82) is 0 Å². The minimum atomic E-state index is 0.159. The predicted octanol–water partition coefficient (Wildman–Crippen LogP) is 3.16. The molecule has 1 N–H and O–H groups in total. The number of hydrogen-bond acceptors (Lipinski definition) is 2. The lowest BCUT2D eigenvalue weighted by Crippen LogP contribution is -2.33. The summed E-state index contributed by atoms with van der Waals surface area (Å²) in [5.41, 5.74) is 0.996. The van der Waals surface area contributed by atoms with Crippen molar-refractivity contribution >= 4 is 17.5 Å². The Morgan fingerprint density at radius 1 is 1.50 bits per heavy atom. The molecule has 0 aliphatic heterocycles. The summed E-state index contributed by atoms with van der Waals surface area (Å²) in [4.78, 5) is 11.7. The van der Waals surface area contributed by atoms with Gasteiger partial charge >= 0.3 is 0 Å². The third-order valence-corrected chi connectivity index (χ3v) is 3.53. The molecule has 1 aromatic rings. The van der Waals surface area contributed by atoms with Crippen LogP contribution in [0.15, 0.2) is 18.2 Å². The molecule has 1 amide bonds. The van der Waals surface area contributed by atoms with Gasteiger partial charge in [-0.2, -0.15) is 0 Å².